The number of likely N-dealkylation sites (N-methyl/N-ethyl adjacent to an activating group) is 1. The topological polar surface area (TPSA) is 107 Å². The lowest BCUT2D eigenvalue weighted by Gasteiger charge is -2.28. The van der Waals surface area contributed by atoms with Crippen LogP contribution in [0.3, 0.4) is 0 Å². The van der Waals surface area contributed by atoms with Gasteiger partial charge in [0, 0.05) is 15.7 Å². The van der Waals surface area contributed by atoms with Crippen LogP contribution in [0.1, 0.15) is 45.8 Å². The fourth-order valence-corrected chi connectivity index (χ4v) is 4.52. The first-order valence-electron chi connectivity index (χ1n) is 10.8. The summed E-state index contributed by atoms with van der Waals surface area (Å²) in [4.78, 5) is 43.9. The maximum Gasteiger partial charge on any atom is 0.355 e. The number of ether oxygens (including phenoxy) is 1. The van der Waals surface area contributed by atoms with Crippen molar-refractivity contribution in [2.24, 2.45) is 0 Å². The van der Waals surface area contributed by atoms with Crippen molar-refractivity contribution in [3.8, 4) is 0 Å². The molecule has 2 heterocycles. The van der Waals surface area contributed by atoms with Crippen LogP contribution >= 0.6 is 15.9 Å². The van der Waals surface area contributed by atoms with E-state index in [0.717, 1.165) is 9.37 Å². The zero-order valence-electron chi connectivity index (χ0n) is 19.4. The van der Waals surface area contributed by atoms with Gasteiger partial charge in [-0.15, -0.1) is 0 Å². The molecule has 1 saturated heterocycles. The molecule has 1 atom stereocenters. The fraction of sp³-hybridized carbons (Fsp3) is 0.375. The summed E-state index contributed by atoms with van der Waals surface area (Å²) < 4.78 is 5.84. The molecule has 1 aromatic carbocycles. The predicted molar refractivity (Wildman–Crippen MR) is 124 cm³/mol. The molecule has 0 radical (unpaired) electrons. The highest BCUT2D eigenvalue weighted by atomic mass is 79.9. The summed E-state index contributed by atoms with van der Waals surface area (Å²) in [7, 11) is 3.91. The molecule has 8 nitrogen and oxygen atoms in total. The van der Waals surface area contributed by atoms with E-state index in [1.54, 1.807) is 39.0 Å². The number of aromatic nitrogens is 1. The SMILES string of the molecule is CCOC(=O)c1[nH]c(C)c(/C([O-])=C2\C(=O)C(=O)N(CC[NH+](C)C)C2c2cccc(Br)c2)c1C. The minimum absolute atomic E-state index is 0.104. The van der Waals surface area contributed by atoms with Gasteiger partial charge in [0.05, 0.1) is 39.8 Å². The molecule has 1 amide bonds. The molecule has 1 aliphatic rings. The summed E-state index contributed by atoms with van der Waals surface area (Å²) >= 11 is 3.44. The summed E-state index contributed by atoms with van der Waals surface area (Å²) in [6.07, 6.45) is 0. The van der Waals surface area contributed by atoms with Gasteiger partial charge in [0.15, 0.2) is 0 Å². The number of esters is 1. The molecule has 0 saturated carbocycles. The average molecular weight is 518 g/mol. The smallest absolute Gasteiger partial charge is 0.355 e. The van der Waals surface area contributed by atoms with E-state index in [4.69, 9.17) is 4.74 Å². The van der Waals surface area contributed by atoms with Gasteiger partial charge in [-0.25, -0.2) is 4.79 Å². The van der Waals surface area contributed by atoms with Crippen LogP contribution in [-0.2, 0) is 14.3 Å². The minimum Gasteiger partial charge on any atom is -0.872 e. The van der Waals surface area contributed by atoms with E-state index in [0.29, 0.717) is 29.9 Å². The van der Waals surface area contributed by atoms with Gasteiger partial charge in [-0.3, -0.25) is 9.59 Å². The molecule has 1 fully saturated rings. The third-order valence-electron chi connectivity index (χ3n) is 5.69. The number of rotatable bonds is 7. The van der Waals surface area contributed by atoms with Crippen molar-refractivity contribution in [2.45, 2.75) is 26.8 Å². The molecule has 2 N–H and O–H groups in total. The molecule has 0 aliphatic carbocycles. The molecule has 33 heavy (non-hydrogen) atoms. The van der Waals surface area contributed by atoms with E-state index in [1.807, 2.05) is 20.2 Å². The highest BCUT2D eigenvalue weighted by Gasteiger charge is 2.44. The quantitative estimate of drug-likeness (QED) is 0.246. The van der Waals surface area contributed by atoms with Crippen molar-refractivity contribution in [3.05, 3.63) is 62.4 Å². The number of aromatic amines is 1. The number of hydrogen-bond donors (Lipinski definition) is 2. The monoisotopic (exact) mass is 517 g/mol. The molecule has 1 unspecified atom stereocenters. The number of halogens is 1. The third kappa shape index (κ3) is 4.74. The first-order valence-corrected chi connectivity index (χ1v) is 11.5. The molecule has 2 aromatic rings. The molecule has 1 aliphatic heterocycles. The van der Waals surface area contributed by atoms with Gasteiger partial charge < -0.3 is 24.6 Å². The number of nitrogens with zero attached hydrogens (tertiary/aromatic N) is 1. The highest BCUT2D eigenvalue weighted by molar-refractivity contribution is 9.10. The Balaban J connectivity index is 2.20. The summed E-state index contributed by atoms with van der Waals surface area (Å²) in [5.41, 5.74) is 1.78. The molecule has 9 heteroatoms. The Labute approximate surface area is 201 Å². The van der Waals surface area contributed by atoms with Crippen molar-refractivity contribution in [3.63, 3.8) is 0 Å². The number of carbonyl (C=O) groups excluding carboxylic acids is 3. The lowest BCUT2D eigenvalue weighted by atomic mass is 9.94. The van der Waals surface area contributed by atoms with E-state index in [9.17, 15) is 19.5 Å². The molecule has 3 rings (SSSR count). The fourth-order valence-electron chi connectivity index (χ4n) is 4.10. The average Bonchev–Trinajstić information content (AvgIpc) is 3.19. The number of hydrogen-bond acceptors (Lipinski definition) is 5. The van der Waals surface area contributed by atoms with E-state index >= 15 is 0 Å². The number of carbonyl (C=O) groups is 3. The maximum atomic E-state index is 13.8. The summed E-state index contributed by atoms with van der Waals surface area (Å²) in [5.74, 6) is -2.63. The van der Waals surface area contributed by atoms with E-state index in [1.165, 1.54) is 4.90 Å². The second-order valence-corrected chi connectivity index (χ2v) is 9.25. The molecule has 0 bridgehead atoms. The largest absolute Gasteiger partial charge is 0.872 e. The number of quaternary nitrogens is 1. The van der Waals surface area contributed by atoms with E-state index in [2.05, 4.69) is 20.9 Å². The molecule has 176 valence electrons. The van der Waals surface area contributed by atoms with Crippen molar-refractivity contribution in [1.29, 1.82) is 0 Å². The zero-order chi connectivity index (χ0) is 24.4. The summed E-state index contributed by atoms with van der Waals surface area (Å²) in [5, 5.41) is 13.8. The molecular weight excluding hydrogens is 490 g/mol. The summed E-state index contributed by atoms with van der Waals surface area (Å²) in [6.45, 7) is 6.11. The Morgan fingerprint density at radius 3 is 2.58 bits per heavy atom. The first kappa shape index (κ1) is 24.7. The third-order valence-corrected chi connectivity index (χ3v) is 6.18. The Kier molecular flexibility index (Phi) is 7.44. The number of nitrogens with one attached hydrogen (secondary N) is 2. The second-order valence-electron chi connectivity index (χ2n) is 8.33. The Morgan fingerprint density at radius 1 is 1.27 bits per heavy atom. The first-order chi connectivity index (χ1) is 15.6. The Bertz CT molecular complexity index is 1140. The van der Waals surface area contributed by atoms with Gasteiger partial charge in [0.25, 0.3) is 5.91 Å². The minimum atomic E-state index is -0.811. The zero-order valence-corrected chi connectivity index (χ0v) is 21.0. The van der Waals surface area contributed by atoms with E-state index in [-0.39, 0.29) is 23.4 Å². The summed E-state index contributed by atoms with van der Waals surface area (Å²) in [6, 6.07) is 6.43. The number of likely N-dealkylation sites (tertiary alicyclic amines) is 1. The standard InChI is InChI=1S/C24H28BrN3O5/c1-6-33-24(32)19-13(2)17(14(3)26-19)21(29)18-20(15-8-7-9-16(25)12-15)28(11-10-27(4)5)23(31)22(18)30/h7-9,12,20,26,29H,6,10-11H2,1-5H3/b21-18+. The lowest BCUT2D eigenvalue weighted by Crippen LogP contribution is -3.06. The van der Waals surface area contributed by atoms with Gasteiger partial charge in [-0.1, -0.05) is 33.8 Å². The van der Waals surface area contributed by atoms with Gasteiger partial charge >= 0.3 is 5.97 Å². The molecule has 0 spiro atoms. The van der Waals surface area contributed by atoms with Crippen LogP contribution in [0.25, 0.3) is 5.76 Å². The molecular formula is C24H28BrN3O5. The van der Waals surface area contributed by atoms with Crippen molar-refractivity contribution in [2.75, 3.05) is 33.8 Å². The van der Waals surface area contributed by atoms with Crippen LogP contribution < -0.4 is 10.0 Å². The predicted octanol–water partition coefficient (Wildman–Crippen LogP) is 0.939. The van der Waals surface area contributed by atoms with Crippen LogP contribution in [0.4, 0.5) is 0 Å². The van der Waals surface area contributed by atoms with Crippen LogP contribution in [0, 0.1) is 13.8 Å². The Hall–Kier alpha value is -2.91. The van der Waals surface area contributed by atoms with Crippen LogP contribution in [0.15, 0.2) is 34.3 Å². The number of Topliss-reactive ketones (excluding diaryl/α,β-unsaturated/α-hetero) is 1. The van der Waals surface area contributed by atoms with Crippen molar-refractivity contribution < 1.29 is 29.1 Å². The van der Waals surface area contributed by atoms with Gasteiger partial charge in [0.2, 0.25) is 5.78 Å². The number of H-pyrrole nitrogens is 1. The number of benzene rings is 1. The maximum absolute atomic E-state index is 13.8. The van der Waals surface area contributed by atoms with Crippen LogP contribution in [0.5, 0.6) is 0 Å². The highest BCUT2D eigenvalue weighted by Crippen LogP contribution is 2.40. The van der Waals surface area contributed by atoms with Gasteiger partial charge in [-0.2, -0.15) is 0 Å². The van der Waals surface area contributed by atoms with Crippen molar-refractivity contribution in [1.82, 2.24) is 9.88 Å². The van der Waals surface area contributed by atoms with Crippen LogP contribution in [0.2, 0.25) is 0 Å². The lowest BCUT2D eigenvalue weighted by molar-refractivity contribution is -0.857. The van der Waals surface area contributed by atoms with Gasteiger partial charge in [-0.05, 0) is 49.6 Å². The van der Waals surface area contributed by atoms with E-state index < -0.39 is 29.5 Å². The Morgan fingerprint density at radius 2 is 1.97 bits per heavy atom. The van der Waals surface area contributed by atoms with Gasteiger partial charge in [0.1, 0.15) is 5.69 Å². The number of amides is 1. The second kappa shape index (κ2) is 9.93. The normalized spacial score (nSPS) is 17.8. The number of ketones is 1. The number of aryl methyl sites for hydroxylation is 1. The molecule has 1 aromatic heterocycles. The van der Waals surface area contributed by atoms with Crippen molar-refractivity contribution >= 4 is 39.3 Å². The van der Waals surface area contributed by atoms with Crippen LogP contribution in [-0.4, -0.2) is 61.3 Å².